The molecule has 0 radical (unpaired) electrons. The van der Waals surface area contributed by atoms with E-state index in [2.05, 4.69) is 0 Å². The third-order valence-electron chi connectivity index (χ3n) is 4.84. The maximum absolute atomic E-state index is 12.8. The van der Waals surface area contributed by atoms with Crippen LogP contribution in [0.25, 0.3) is 0 Å². The van der Waals surface area contributed by atoms with E-state index >= 15 is 0 Å². The maximum atomic E-state index is 12.8. The lowest BCUT2D eigenvalue weighted by molar-refractivity contribution is -0.384. The summed E-state index contributed by atoms with van der Waals surface area (Å²) in [5.41, 5.74) is 3.78. The van der Waals surface area contributed by atoms with Crippen LogP contribution in [0.5, 0.6) is 0 Å². The van der Waals surface area contributed by atoms with Crippen LogP contribution in [0.15, 0.2) is 66.7 Å². The summed E-state index contributed by atoms with van der Waals surface area (Å²) in [5.74, 6) is -0.250. The summed E-state index contributed by atoms with van der Waals surface area (Å²) in [4.78, 5) is 35.7. The predicted molar refractivity (Wildman–Crippen MR) is 100 cm³/mol. The molecule has 0 bridgehead atoms. The molecule has 1 aliphatic carbocycles. The molecule has 0 spiro atoms. The summed E-state index contributed by atoms with van der Waals surface area (Å²) in [6.45, 7) is 0. The first-order valence-corrected chi connectivity index (χ1v) is 8.59. The van der Waals surface area contributed by atoms with Gasteiger partial charge in [0.25, 0.3) is 5.69 Å². The number of nitro groups is 1. The molecule has 5 nitrogen and oxygen atoms in total. The Bertz CT molecular complexity index is 1080. The van der Waals surface area contributed by atoms with Crippen molar-refractivity contribution in [2.75, 3.05) is 0 Å². The van der Waals surface area contributed by atoms with E-state index in [9.17, 15) is 19.7 Å². The van der Waals surface area contributed by atoms with E-state index in [1.54, 1.807) is 48.5 Å². The van der Waals surface area contributed by atoms with Gasteiger partial charge in [0.2, 0.25) is 0 Å². The van der Waals surface area contributed by atoms with Crippen molar-refractivity contribution in [3.63, 3.8) is 0 Å². The Morgan fingerprint density at radius 1 is 0.667 bits per heavy atom. The Kier molecular flexibility index (Phi) is 4.12. The van der Waals surface area contributed by atoms with Gasteiger partial charge in [-0.3, -0.25) is 19.7 Å². The van der Waals surface area contributed by atoms with E-state index in [0.717, 1.165) is 11.1 Å². The Morgan fingerprint density at radius 3 is 1.81 bits per heavy atom. The van der Waals surface area contributed by atoms with Crippen LogP contribution >= 0.6 is 0 Å². The van der Waals surface area contributed by atoms with Crippen molar-refractivity contribution in [1.82, 2.24) is 0 Å². The molecular formula is C22H15NO4. The Hall–Kier alpha value is -3.60. The summed E-state index contributed by atoms with van der Waals surface area (Å²) in [6.07, 6.45) is 1.36. The lowest BCUT2D eigenvalue weighted by atomic mass is 9.83. The molecule has 0 saturated heterocycles. The number of fused-ring (bicyclic) bond motifs is 2. The molecule has 5 heteroatoms. The normalized spacial score (nSPS) is 12.4. The van der Waals surface area contributed by atoms with Crippen molar-refractivity contribution in [1.29, 1.82) is 0 Å². The molecule has 1 aliphatic rings. The van der Waals surface area contributed by atoms with Crippen LogP contribution in [0, 0.1) is 10.1 Å². The predicted octanol–water partition coefficient (Wildman–Crippen LogP) is 4.16. The van der Waals surface area contributed by atoms with Crippen molar-refractivity contribution in [2.24, 2.45) is 0 Å². The first-order chi connectivity index (χ1) is 13.0. The fraction of sp³-hybridized carbons (Fsp3) is 0.0909. The number of non-ortho nitro benzene ring substituents is 1. The largest absolute Gasteiger partial charge is 0.289 e. The van der Waals surface area contributed by atoms with Gasteiger partial charge in [0, 0.05) is 34.4 Å². The zero-order valence-corrected chi connectivity index (χ0v) is 14.3. The molecular weight excluding hydrogens is 342 g/mol. The number of nitro benzene ring substituents is 1. The summed E-state index contributed by atoms with van der Waals surface area (Å²) in [6, 6.07) is 18.7. The molecule has 0 aliphatic heterocycles. The summed E-state index contributed by atoms with van der Waals surface area (Å²) >= 11 is 0. The van der Waals surface area contributed by atoms with Crippen LogP contribution in [0.2, 0.25) is 0 Å². The zero-order valence-electron chi connectivity index (χ0n) is 14.3. The molecule has 4 rings (SSSR count). The van der Waals surface area contributed by atoms with Crippen LogP contribution in [-0.4, -0.2) is 16.5 Å². The third kappa shape index (κ3) is 3.04. The molecule has 3 aromatic rings. The fourth-order valence-corrected chi connectivity index (χ4v) is 3.38. The zero-order chi connectivity index (χ0) is 19.0. The molecule has 0 heterocycles. The molecule has 0 fully saturated rings. The lowest BCUT2D eigenvalue weighted by Crippen LogP contribution is -2.21. The van der Waals surface area contributed by atoms with Crippen molar-refractivity contribution in [3.05, 3.63) is 110 Å². The van der Waals surface area contributed by atoms with E-state index < -0.39 is 4.92 Å². The van der Waals surface area contributed by atoms with Gasteiger partial charge in [-0.05, 0) is 30.0 Å². The van der Waals surface area contributed by atoms with Gasteiger partial charge < -0.3 is 0 Å². The molecule has 0 aromatic heterocycles. The van der Waals surface area contributed by atoms with Gasteiger partial charge in [0.15, 0.2) is 11.6 Å². The van der Waals surface area contributed by atoms with E-state index in [4.69, 9.17) is 0 Å². The van der Waals surface area contributed by atoms with Crippen molar-refractivity contribution >= 4 is 17.3 Å². The third-order valence-corrected chi connectivity index (χ3v) is 4.84. The minimum absolute atomic E-state index is 0.0651. The summed E-state index contributed by atoms with van der Waals surface area (Å²) in [5, 5.41) is 10.7. The Balaban J connectivity index is 1.57. The van der Waals surface area contributed by atoms with Crippen molar-refractivity contribution < 1.29 is 14.5 Å². The monoisotopic (exact) mass is 357 g/mol. The average Bonchev–Trinajstić information content (AvgIpc) is 2.70. The van der Waals surface area contributed by atoms with Crippen LogP contribution < -0.4 is 0 Å². The Labute approximate surface area is 155 Å². The molecule has 3 aromatic carbocycles. The molecule has 132 valence electrons. The van der Waals surface area contributed by atoms with E-state index in [1.165, 1.54) is 12.1 Å². The van der Waals surface area contributed by atoms with E-state index in [0.29, 0.717) is 35.1 Å². The van der Waals surface area contributed by atoms with Gasteiger partial charge in [0.05, 0.1) is 4.92 Å². The van der Waals surface area contributed by atoms with E-state index in [-0.39, 0.29) is 17.3 Å². The Morgan fingerprint density at radius 2 is 1.19 bits per heavy atom. The minimum atomic E-state index is -0.423. The molecule has 0 saturated carbocycles. The highest BCUT2D eigenvalue weighted by Gasteiger charge is 2.29. The highest BCUT2D eigenvalue weighted by Crippen LogP contribution is 2.28. The van der Waals surface area contributed by atoms with E-state index in [1.807, 2.05) is 6.07 Å². The molecule has 27 heavy (non-hydrogen) atoms. The smallest absolute Gasteiger partial charge is 0.269 e. The number of hydrogen-bond acceptors (Lipinski definition) is 4. The number of rotatable bonds is 4. The summed E-state index contributed by atoms with van der Waals surface area (Å²) < 4.78 is 0. The van der Waals surface area contributed by atoms with Crippen LogP contribution in [0.4, 0.5) is 5.69 Å². The first kappa shape index (κ1) is 16.8. The van der Waals surface area contributed by atoms with Gasteiger partial charge >= 0.3 is 0 Å². The van der Waals surface area contributed by atoms with Crippen molar-refractivity contribution in [2.45, 2.75) is 12.8 Å². The maximum Gasteiger partial charge on any atom is 0.269 e. The molecule has 0 atom stereocenters. The van der Waals surface area contributed by atoms with Crippen molar-refractivity contribution in [3.8, 4) is 0 Å². The minimum Gasteiger partial charge on any atom is -0.289 e. The number of hydrogen-bond donors (Lipinski definition) is 0. The molecule has 0 unspecified atom stereocenters. The molecule has 0 amide bonds. The highest BCUT2D eigenvalue weighted by atomic mass is 16.6. The number of ketones is 2. The average molecular weight is 357 g/mol. The van der Waals surface area contributed by atoms with Gasteiger partial charge in [-0.15, -0.1) is 0 Å². The van der Waals surface area contributed by atoms with Crippen LogP contribution in [0.3, 0.4) is 0 Å². The van der Waals surface area contributed by atoms with Crippen LogP contribution in [0.1, 0.15) is 43.0 Å². The standard InChI is InChI=1S/C22H15NO4/c24-21-17-3-1-2-4-18(17)22(25)20-13-15(9-12-19(20)21)6-5-14-7-10-16(11-8-14)23(26)27/h1-4,7-13H,5-6H2. The van der Waals surface area contributed by atoms with Gasteiger partial charge in [-0.1, -0.05) is 48.5 Å². The number of carbonyl (C=O) groups is 2. The SMILES string of the molecule is O=C1c2ccccc2C(=O)c2cc(CCc3ccc([N+](=O)[O-])cc3)ccc21. The van der Waals surface area contributed by atoms with Gasteiger partial charge in [-0.25, -0.2) is 0 Å². The van der Waals surface area contributed by atoms with Gasteiger partial charge in [0.1, 0.15) is 0 Å². The number of nitrogens with zero attached hydrogens (tertiary/aromatic N) is 1. The van der Waals surface area contributed by atoms with Crippen LogP contribution in [-0.2, 0) is 12.8 Å². The number of aryl methyl sites for hydroxylation is 2. The number of carbonyl (C=O) groups excluding carboxylic acids is 2. The second-order valence-electron chi connectivity index (χ2n) is 6.51. The lowest BCUT2D eigenvalue weighted by Gasteiger charge is -2.18. The molecule has 0 N–H and O–H groups in total. The highest BCUT2D eigenvalue weighted by molar-refractivity contribution is 6.28. The second kappa shape index (κ2) is 6.61. The second-order valence-corrected chi connectivity index (χ2v) is 6.51. The summed E-state index contributed by atoms with van der Waals surface area (Å²) in [7, 11) is 0. The fourth-order valence-electron chi connectivity index (χ4n) is 3.38. The first-order valence-electron chi connectivity index (χ1n) is 8.59. The van der Waals surface area contributed by atoms with Gasteiger partial charge in [-0.2, -0.15) is 0 Å². The number of benzene rings is 3. The topological polar surface area (TPSA) is 77.3 Å². The quantitative estimate of drug-likeness (QED) is 0.406.